The van der Waals surface area contributed by atoms with E-state index in [0.29, 0.717) is 39.0 Å². The fraction of sp³-hybridized carbons (Fsp3) is 0.667. The van der Waals surface area contributed by atoms with Gasteiger partial charge in [0.15, 0.2) is 0 Å². The van der Waals surface area contributed by atoms with Crippen LogP contribution < -0.4 is 15.4 Å². The number of allylic oxidation sites excluding steroid dienone is 1. The number of hydrogen-bond donors (Lipinski definition) is 3. The number of hydrogen-bond acceptors (Lipinski definition) is 11. The van der Waals surface area contributed by atoms with E-state index in [-0.39, 0.29) is 52.0 Å². The third-order valence-electron chi connectivity index (χ3n) is 11.8. The van der Waals surface area contributed by atoms with Gasteiger partial charge in [-0.3, -0.25) is 19.3 Å². The molecule has 62 heavy (non-hydrogen) atoms. The Hall–Kier alpha value is -4.69. The highest BCUT2D eigenvalue weighted by atomic mass is 32.2. The first-order valence-corrected chi connectivity index (χ1v) is 26.8. The summed E-state index contributed by atoms with van der Waals surface area (Å²) in [6.07, 6.45) is 3.76. The van der Waals surface area contributed by atoms with E-state index < -0.39 is 89.5 Å². The van der Waals surface area contributed by atoms with Crippen molar-refractivity contribution in [2.75, 3.05) is 39.3 Å². The third-order valence-corrected chi connectivity index (χ3v) is 15.0. The van der Waals surface area contributed by atoms with Crippen LogP contribution in [0.3, 0.4) is 0 Å². The molecule has 0 spiro atoms. The van der Waals surface area contributed by atoms with Crippen molar-refractivity contribution in [2.45, 2.75) is 134 Å². The van der Waals surface area contributed by atoms with Crippen LogP contribution in [-0.2, 0) is 51.9 Å². The average Bonchev–Trinajstić information content (AvgIpc) is 3.48. The first-order chi connectivity index (χ1) is 29.1. The van der Waals surface area contributed by atoms with Gasteiger partial charge in [-0.2, -0.15) is 12.7 Å². The van der Waals surface area contributed by atoms with Crippen LogP contribution in [0.5, 0.6) is 0 Å². The Kier molecular flexibility index (Phi) is 14.3. The van der Waals surface area contributed by atoms with Gasteiger partial charge < -0.3 is 34.6 Å². The second-order valence-corrected chi connectivity index (χ2v) is 26.4. The van der Waals surface area contributed by atoms with Crippen LogP contribution in [-0.4, -0.2) is 140 Å². The van der Waals surface area contributed by atoms with E-state index in [1.165, 1.54) is 14.7 Å². The van der Waals surface area contributed by atoms with Crippen LogP contribution in [0.25, 0.3) is 0 Å². The first kappa shape index (κ1) is 46.8. The van der Waals surface area contributed by atoms with E-state index in [1.54, 1.807) is 20.8 Å². The summed E-state index contributed by atoms with van der Waals surface area (Å²) in [5.41, 5.74) is -0.532. The average molecular weight is 902 g/mol. The Morgan fingerprint density at radius 3 is 2.26 bits per heavy atom. The molecule has 2 saturated heterocycles. The molecule has 4 heterocycles. The predicted octanol–water partition coefficient (Wildman–Crippen LogP) is 3.85. The molecule has 4 aliphatic heterocycles. The fourth-order valence-electron chi connectivity index (χ4n) is 8.21. The largest absolute Gasteiger partial charge is 0.450 e. The van der Waals surface area contributed by atoms with Crippen LogP contribution in [0.1, 0.15) is 76.8 Å². The first-order valence-electron chi connectivity index (χ1n) is 21.7. The highest BCUT2D eigenvalue weighted by Crippen LogP contribution is 2.46. The van der Waals surface area contributed by atoms with Gasteiger partial charge in [0.2, 0.25) is 11.8 Å². The van der Waals surface area contributed by atoms with Gasteiger partial charge in [-0.1, -0.05) is 68.9 Å². The van der Waals surface area contributed by atoms with Crippen molar-refractivity contribution in [2.24, 2.45) is 5.92 Å². The standard InChI is InChI=1S/C42H63N7O11SSi/c1-41(2,3)60-38(53)43-33-17-11-9-7-8-10-16-31-25-42(31,37(52)45-61(56,57)48-20-18-46(19-21-48)39(54)58-22-23-62(4,5)6)44-35(50)34-24-32(28-49(34)36(33)51)59-40(55)47-26-29-14-12-13-15-30(29)27-47/h10,12-16,31-34H,7-9,11,17-28H2,1-6H3,(H,43,53)(H,44,50)(H,45,52). The maximum Gasteiger partial charge on any atom is 0.410 e. The number of piperazine rings is 1. The summed E-state index contributed by atoms with van der Waals surface area (Å²) in [6.45, 7) is 12.4. The Bertz CT molecular complexity index is 1990. The molecular formula is C42H63N7O11SSi. The number of nitrogens with zero attached hydrogens (tertiary/aromatic N) is 4. The zero-order chi connectivity index (χ0) is 45.0. The molecule has 342 valence electrons. The Morgan fingerprint density at radius 1 is 0.935 bits per heavy atom. The zero-order valence-electron chi connectivity index (χ0n) is 36.8. The lowest BCUT2D eigenvalue weighted by molar-refractivity contribution is -0.141. The second kappa shape index (κ2) is 19.0. The highest BCUT2D eigenvalue weighted by Gasteiger charge is 2.62. The summed E-state index contributed by atoms with van der Waals surface area (Å²) < 4.78 is 47.5. The molecule has 3 fully saturated rings. The molecule has 5 aliphatic rings. The van der Waals surface area contributed by atoms with Gasteiger partial charge in [-0.05, 0) is 63.6 Å². The summed E-state index contributed by atoms with van der Waals surface area (Å²) in [6, 6.07) is 6.13. The lowest BCUT2D eigenvalue weighted by Gasteiger charge is -2.34. The van der Waals surface area contributed by atoms with Gasteiger partial charge in [0, 0.05) is 59.7 Å². The maximum atomic E-state index is 14.5. The molecule has 3 N–H and O–H groups in total. The summed E-state index contributed by atoms with van der Waals surface area (Å²) in [4.78, 5) is 86.6. The van der Waals surface area contributed by atoms with E-state index in [4.69, 9.17) is 14.2 Å². The number of carbonyl (C=O) groups excluding carboxylic acids is 6. The van der Waals surface area contributed by atoms with Crippen molar-refractivity contribution in [3.05, 3.63) is 47.5 Å². The van der Waals surface area contributed by atoms with E-state index in [9.17, 15) is 37.2 Å². The second-order valence-electron chi connectivity index (χ2n) is 19.2. The molecule has 6 amide bonds. The predicted molar refractivity (Wildman–Crippen MR) is 230 cm³/mol. The van der Waals surface area contributed by atoms with Gasteiger partial charge in [-0.25, -0.2) is 19.1 Å². The molecule has 5 unspecified atom stereocenters. The van der Waals surface area contributed by atoms with Crippen LogP contribution in [0.4, 0.5) is 14.4 Å². The molecule has 18 nitrogen and oxygen atoms in total. The quantitative estimate of drug-likeness (QED) is 0.194. The van der Waals surface area contributed by atoms with E-state index in [1.807, 2.05) is 36.4 Å². The van der Waals surface area contributed by atoms with Gasteiger partial charge in [0.25, 0.3) is 5.91 Å². The summed E-state index contributed by atoms with van der Waals surface area (Å²) in [5.74, 6) is -2.80. The fourth-order valence-corrected chi connectivity index (χ4v) is 10.1. The molecular weight excluding hydrogens is 839 g/mol. The lowest BCUT2D eigenvalue weighted by Crippen LogP contribution is -2.60. The molecule has 5 atom stereocenters. The van der Waals surface area contributed by atoms with Gasteiger partial charge >= 0.3 is 28.5 Å². The molecule has 6 rings (SSSR count). The molecule has 1 saturated carbocycles. The van der Waals surface area contributed by atoms with E-state index >= 15 is 0 Å². The zero-order valence-corrected chi connectivity index (χ0v) is 38.6. The monoisotopic (exact) mass is 901 g/mol. The number of rotatable bonds is 8. The van der Waals surface area contributed by atoms with Crippen molar-refractivity contribution in [1.29, 1.82) is 0 Å². The Labute approximate surface area is 365 Å². The summed E-state index contributed by atoms with van der Waals surface area (Å²) in [5, 5.41) is 5.53. The minimum absolute atomic E-state index is 0.0693. The number of nitrogens with one attached hydrogen (secondary N) is 3. The number of carbonyl (C=O) groups is 6. The SMILES string of the molecule is CC(C)(C)OC(=O)NC1CCCCCC=CC2CC2(C(=O)NS(=O)(=O)N2CCN(C(=O)OCC[Si](C)(C)C)CC2)NC(=O)C2CC(OC(=O)N3Cc4ccccc4C3)CN2C1=O. The number of alkyl carbamates (subject to hydrolysis) is 1. The topological polar surface area (TPSA) is 213 Å². The van der Waals surface area contributed by atoms with E-state index in [0.717, 1.165) is 27.9 Å². The normalized spacial score (nSPS) is 26.2. The Morgan fingerprint density at radius 2 is 1.61 bits per heavy atom. The van der Waals surface area contributed by atoms with Gasteiger partial charge in [0.05, 0.1) is 13.2 Å². The van der Waals surface area contributed by atoms with Crippen LogP contribution >= 0.6 is 0 Å². The van der Waals surface area contributed by atoms with Crippen molar-refractivity contribution >= 4 is 54.3 Å². The maximum absolute atomic E-state index is 14.5. The third kappa shape index (κ3) is 11.9. The molecule has 0 radical (unpaired) electrons. The molecule has 1 aliphatic carbocycles. The molecule has 1 aromatic rings. The molecule has 0 bridgehead atoms. The van der Waals surface area contributed by atoms with Gasteiger partial charge in [-0.15, -0.1) is 0 Å². The molecule has 1 aromatic carbocycles. The minimum atomic E-state index is -4.41. The number of amides is 6. The minimum Gasteiger partial charge on any atom is -0.450 e. The Balaban J connectivity index is 1.18. The number of fused-ring (bicyclic) bond motifs is 3. The molecule has 20 heteroatoms. The summed E-state index contributed by atoms with van der Waals surface area (Å²) in [7, 11) is -5.84. The van der Waals surface area contributed by atoms with Gasteiger partial charge in [0.1, 0.15) is 29.3 Å². The number of ether oxygens (including phenoxy) is 3. The molecule has 0 aromatic heterocycles. The van der Waals surface area contributed by atoms with Crippen LogP contribution in [0.15, 0.2) is 36.4 Å². The smallest absolute Gasteiger partial charge is 0.410 e. The van der Waals surface area contributed by atoms with Crippen molar-refractivity contribution in [3.63, 3.8) is 0 Å². The van der Waals surface area contributed by atoms with Crippen molar-refractivity contribution in [3.8, 4) is 0 Å². The number of benzene rings is 1. The van der Waals surface area contributed by atoms with E-state index in [2.05, 4.69) is 35.0 Å². The summed E-state index contributed by atoms with van der Waals surface area (Å²) >= 11 is 0. The van der Waals surface area contributed by atoms with Crippen LogP contribution in [0.2, 0.25) is 25.7 Å². The highest BCUT2D eigenvalue weighted by molar-refractivity contribution is 7.87. The van der Waals surface area contributed by atoms with Crippen molar-refractivity contribution < 1.29 is 51.4 Å². The lowest BCUT2D eigenvalue weighted by atomic mass is 10.0. The van der Waals surface area contributed by atoms with Crippen molar-refractivity contribution in [1.82, 2.24) is 34.4 Å². The van der Waals surface area contributed by atoms with Crippen LogP contribution in [0, 0.1) is 5.92 Å².